The molecule has 4 aromatic rings. The molecule has 1 saturated heterocycles. The summed E-state index contributed by atoms with van der Waals surface area (Å²) in [5.41, 5.74) is 2.69. The highest BCUT2D eigenvalue weighted by atomic mass is 32.2. The zero-order chi connectivity index (χ0) is 29.2. The number of aliphatic hydroxyl groups is 1. The standard InChI is InChI=1S/C28H25F3N6O3S/c1-18-14-23(39-3)12-13-24(18)37-26(41-16-27(37,2)38)34-33-15-19-4-6-20(7-5-19)25-32-17-36(35-25)21-8-10-22(11-9-21)40-28(29,30)31/h4-15,17,38H,16H2,1-3H3. The molecule has 0 spiro atoms. The molecule has 1 unspecified atom stereocenters. The quantitative estimate of drug-likeness (QED) is 0.217. The summed E-state index contributed by atoms with van der Waals surface area (Å²) in [6.45, 7) is 3.68. The summed E-state index contributed by atoms with van der Waals surface area (Å²) in [7, 11) is 1.61. The van der Waals surface area contributed by atoms with Gasteiger partial charge in [-0.05, 0) is 67.4 Å². The number of methoxy groups -OCH3 is 1. The van der Waals surface area contributed by atoms with Crippen molar-refractivity contribution in [3.8, 4) is 28.6 Å². The van der Waals surface area contributed by atoms with Crippen molar-refractivity contribution in [2.45, 2.75) is 25.9 Å². The van der Waals surface area contributed by atoms with E-state index < -0.39 is 12.1 Å². The van der Waals surface area contributed by atoms with Crippen LogP contribution in [0.25, 0.3) is 17.1 Å². The molecule has 0 amide bonds. The number of nitrogens with zero attached hydrogens (tertiary/aromatic N) is 6. The van der Waals surface area contributed by atoms with Gasteiger partial charge < -0.3 is 14.6 Å². The van der Waals surface area contributed by atoms with Crippen molar-refractivity contribution in [2.24, 2.45) is 10.2 Å². The fourth-order valence-corrected chi connectivity index (χ4v) is 5.22. The Bertz CT molecular complexity index is 1590. The molecule has 0 aliphatic carbocycles. The number of benzene rings is 3. The Hall–Kier alpha value is -4.36. The molecule has 1 aromatic heterocycles. The van der Waals surface area contributed by atoms with Gasteiger partial charge in [-0.1, -0.05) is 36.0 Å². The van der Waals surface area contributed by atoms with Gasteiger partial charge in [0, 0.05) is 17.0 Å². The number of anilines is 1. The Morgan fingerprint density at radius 3 is 2.41 bits per heavy atom. The number of alkyl halides is 3. The summed E-state index contributed by atoms with van der Waals surface area (Å²) >= 11 is 1.41. The lowest BCUT2D eigenvalue weighted by molar-refractivity contribution is -0.274. The van der Waals surface area contributed by atoms with E-state index in [1.807, 2.05) is 49.4 Å². The SMILES string of the molecule is COc1ccc(N2C(=NN=Cc3ccc(-c4ncn(-c5ccc(OC(F)(F)F)cc5)n4)cc3)SCC2(C)O)c(C)c1. The second-order valence-electron chi connectivity index (χ2n) is 9.30. The molecule has 41 heavy (non-hydrogen) atoms. The summed E-state index contributed by atoms with van der Waals surface area (Å²) in [5.74, 6) is 1.30. The van der Waals surface area contributed by atoms with Gasteiger partial charge in [0.2, 0.25) is 0 Å². The zero-order valence-electron chi connectivity index (χ0n) is 22.2. The third-order valence-electron chi connectivity index (χ3n) is 6.14. The van der Waals surface area contributed by atoms with Crippen LogP contribution < -0.4 is 14.4 Å². The van der Waals surface area contributed by atoms with E-state index in [1.165, 1.54) is 47.0 Å². The van der Waals surface area contributed by atoms with Gasteiger partial charge in [-0.2, -0.15) is 5.10 Å². The minimum atomic E-state index is -4.75. The van der Waals surface area contributed by atoms with E-state index in [2.05, 4.69) is 25.0 Å². The molecule has 0 radical (unpaired) electrons. The van der Waals surface area contributed by atoms with Crippen LogP contribution in [0.4, 0.5) is 18.9 Å². The number of amidine groups is 1. The third kappa shape index (κ3) is 6.52. The monoisotopic (exact) mass is 582 g/mol. The summed E-state index contributed by atoms with van der Waals surface area (Å²) in [6.07, 6.45) is -1.66. The van der Waals surface area contributed by atoms with Gasteiger partial charge in [0.15, 0.2) is 16.7 Å². The maximum atomic E-state index is 12.4. The molecule has 2 heterocycles. The van der Waals surface area contributed by atoms with Crippen LogP contribution in [0.1, 0.15) is 18.1 Å². The third-order valence-corrected chi connectivity index (χ3v) is 7.35. The van der Waals surface area contributed by atoms with Crippen LogP contribution in [-0.2, 0) is 0 Å². The molecule has 5 rings (SSSR count). The van der Waals surface area contributed by atoms with Gasteiger partial charge in [-0.25, -0.2) is 9.67 Å². The van der Waals surface area contributed by atoms with Gasteiger partial charge in [0.05, 0.1) is 19.0 Å². The maximum absolute atomic E-state index is 12.4. The van der Waals surface area contributed by atoms with Gasteiger partial charge >= 0.3 is 6.36 Å². The topological polar surface area (TPSA) is 97.4 Å². The van der Waals surface area contributed by atoms with Gasteiger partial charge in [-0.3, -0.25) is 4.90 Å². The number of aryl methyl sites for hydroxylation is 1. The average molecular weight is 583 g/mol. The smallest absolute Gasteiger partial charge is 0.497 e. The van der Waals surface area contributed by atoms with Crippen molar-refractivity contribution < 1.29 is 27.8 Å². The average Bonchev–Trinajstić information content (AvgIpc) is 3.53. The number of halogens is 3. The summed E-state index contributed by atoms with van der Waals surface area (Å²) < 4.78 is 47.8. The van der Waals surface area contributed by atoms with E-state index in [1.54, 1.807) is 25.1 Å². The van der Waals surface area contributed by atoms with Gasteiger partial charge in [0.25, 0.3) is 0 Å². The molecule has 1 atom stereocenters. The minimum absolute atomic E-state index is 0.315. The number of ether oxygens (including phenoxy) is 2. The first kappa shape index (κ1) is 28.2. The summed E-state index contributed by atoms with van der Waals surface area (Å²) in [6, 6.07) is 18.3. The van der Waals surface area contributed by atoms with Crippen molar-refractivity contribution in [1.29, 1.82) is 0 Å². The number of aromatic nitrogens is 3. The molecular weight excluding hydrogens is 557 g/mol. The fourth-order valence-electron chi connectivity index (χ4n) is 4.16. The van der Waals surface area contributed by atoms with Crippen molar-refractivity contribution in [2.75, 3.05) is 17.8 Å². The molecule has 3 aromatic carbocycles. The molecule has 9 nitrogen and oxygen atoms in total. The van der Waals surface area contributed by atoms with Crippen LogP contribution in [0.5, 0.6) is 11.5 Å². The van der Waals surface area contributed by atoms with Gasteiger partial charge in [-0.15, -0.1) is 23.4 Å². The second kappa shape index (κ2) is 11.3. The van der Waals surface area contributed by atoms with E-state index in [0.29, 0.717) is 22.4 Å². The van der Waals surface area contributed by atoms with E-state index in [4.69, 9.17) is 4.74 Å². The first-order valence-corrected chi connectivity index (χ1v) is 13.3. The number of hydrogen-bond acceptors (Lipinski definition) is 8. The van der Waals surface area contributed by atoms with E-state index >= 15 is 0 Å². The predicted octanol–water partition coefficient (Wildman–Crippen LogP) is 5.80. The minimum Gasteiger partial charge on any atom is -0.497 e. The normalized spacial score (nSPS) is 18.4. The highest BCUT2D eigenvalue weighted by Gasteiger charge is 2.41. The van der Waals surface area contributed by atoms with Crippen molar-refractivity contribution in [3.63, 3.8) is 0 Å². The van der Waals surface area contributed by atoms with Crippen LogP contribution in [-0.4, -0.2) is 56.2 Å². The molecular formula is C28H25F3N6O3S. The van der Waals surface area contributed by atoms with E-state index in [9.17, 15) is 18.3 Å². The molecule has 1 aliphatic rings. The Labute approximate surface area is 238 Å². The molecule has 1 aliphatic heterocycles. The Kier molecular flexibility index (Phi) is 7.74. The van der Waals surface area contributed by atoms with Crippen molar-refractivity contribution in [3.05, 3.63) is 84.2 Å². The number of rotatable bonds is 7. The number of thioether (sulfide) groups is 1. The van der Waals surface area contributed by atoms with Crippen LogP contribution in [0.15, 0.2) is 83.3 Å². The predicted molar refractivity (Wildman–Crippen MR) is 152 cm³/mol. The Morgan fingerprint density at radius 1 is 1.05 bits per heavy atom. The van der Waals surface area contributed by atoms with Crippen LogP contribution in [0, 0.1) is 6.92 Å². The fraction of sp³-hybridized carbons (Fsp3) is 0.214. The molecule has 0 bridgehead atoms. The largest absolute Gasteiger partial charge is 0.573 e. The Balaban J connectivity index is 1.28. The molecule has 13 heteroatoms. The first-order valence-electron chi connectivity index (χ1n) is 12.3. The highest BCUT2D eigenvalue weighted by molar-refractivity contribution is 8.14. The summed E-state index contributed by atoms with van der Waals surface area (Å²) in [4.78, 5) is 6.07. The van der Waals surface area contributed by atoms with Crippen LogP contribution in [0.2, 0.25) is 0 Å². The van der Waals surface area contributed by atoms with Crippen molar-refractivity contribution in [1.82, 2.24) is 14.8 Å². The first-order chi connectivity index (χ1) is 19.5. The maximum Gasteiger partial charge on any atom is 0.573 e. The van der Waals surface area contributed by atoms with Crippen LogP contribution >= 0.6 is 11.8 Å². The zero-order valence-corrected chi connectivity index (χ0v) is 23.0. The molecule has 1 fully saturated rings. The lowest BCUT2D eigenvalue weighted by Gasteiger charge is -2.31. The van der Waals surface area contributed by atoms with Crippen molar-refractivity contribution >= 4 is 28.8 Å². The summed E-state index contributed by atoms with van der Waals surface area (Å²) in [5, 5.41) is 24.6. The van der Waals surface area contributed by atoms with Crippen LogP contribution in [0.3, 0.4) is 0 Å². The van der Waals surface area contributed by atoms with Gasteiger partial charge in [0.1, 0.15) is 17.8 Å². The second-order valence-corrected chi connectivity index (χ2v) is 10.2. The van der Waals surface area contributed by atoms with E-state index in [0.717, 1.165) is 28.1 Å². The highest BCUT2D eigenvalue weighted by Crippen LogP contribution is 2.38. The Morgan fingerprint density at radius 2 is 1.76 bits per heavy atom. The number of hydrogen-bond donors (Lipinski definition) is 1. The lowest BCUT2D eigenvalue weighted by Crippen LogP contribution is -2.45. The van der Waals surface area contributed by atoms with E-state index in [-0.39, 0.29) is 5.75 Å². The molecule has 212 valence electrons. The molecule has 0 saturated carbocycles. The lowest BCUT2D eigenvalue weighted by atomic mass is 10.1. The molecule has 1 N–H and O–H groups in total.